The quantitative estimate of drug-likeness (QED) is 0.848. The van der Waals surface area contributed by atoms with E-state index in [1.807, 2.05) is 6.20 Å². The van der Waals surface area contributed by atoms with E-state index in [0.717, 1.165) is 34.7 Å². The fourth-order valence-corrected chi connectivity index (χ4v) is 5.24. The molecule has 2 bridgehead atoms. The van der Waals surface area contributed by atoms with Gasteiger partial charge < -0.3 is 10.1 Å². The van der Waals surface area contributed by atoms with Crippen molar-refractivity contribution in [2.45, 2.75) is 24.5 Å². The summed E-state index contributed by atoms with van der Waals surface area (Å²) < 4.78 is 6.79. The number of alkyl carbamates (subject to hydrolysis) is 1. The van der Waals surface area contributed by atoms with E-state index in [0.29, 0.717) is 12.5 Å². The number of hydrogen-bond donors (Lipinski definition) is 1. The molecular weight excluding hydrogens is 330 g/mol. The third-order valence-corrected chi connectivity index (χ3v) is 6.10. The second kappa shape index (κ2) is 4.17. The van der Waals surface area contributed by atoms with Crippen molar-refractivity contribution >= 4 is 33.4 Å². The maximum Gasteiger partial charge on any atom is 0.407 e. The van der Waals surface area contributed by atoms with Crippen LogP contribution in [0, 0.1) is 5.92 Å². The minimum absolute atomic E-state index is 0.107. The zero-order valence-corrected chi connectivity index (χ0v) is 12.7. The summed E-state index contributed by atoms with van der Waals surface area (Å²) in [5.74, 6) is 0.448. The molecule has 5 heterocycles. The summed E-state index contributed by atoms with van der Waals surface area (Å²) in [5, 5.41) is 3.90. The number of nitrogens with zero attached hydrogens (tertiary/aromatic N) is 2. The lowest BCUT2D eigenvalue weighted by Crippen LogP contribution is -2.62. The molecule has 1 amide bonds. The van der Waals surface area contributed by atoms with Crippen LogP contribution in [0.1, 0.15) is 23.9 Å². The van der Waals surface area contributed by atoms with Gasteiger partial charge in [-0.3, -0.25) is 4.90 Å². The average molecular weight is 344 g/mol. The Morgan fingerprint density at radius 3 is 2.89 bits per heavy atom. The van der Waals surface area contributed by atoms with Gasteiger partial charge in [0.1, 0.15) is 11.0 Å². The Hall–Kier alpha value is -0.660. The van der Waals surface area contributed by atoms with Gasteiger partial charge in [0.15, 0.2) is 5.60 Å². The molecular formula is C12H14BrN3O2S. The van der Waals surface area contributed by atoms with E-state index in [9.17, 15) is 4.79 Å². The Kier molecular flexibility index (Phi) is 2.65. The highest BCUT2D eigenvalue weighted by Crippen LogP contribution is 2.52. The zero-order valence-electron chi connectivity index (χ0n) is 10.3. The van der Waals surface area contributed by atoms with Crippen LogP contribution in [0.4, 0.5) is 4.79 Å². The van der Waals surface area contributed by atoms with Crippen LogP contribution in [-0.2, 0) is 4.74 Å². The van der Waals surface area contributed by atoms with Crippen LogP contribution in [0.15, 0.2) is 9.98 Å². The second-order valence-corrected chi connectivity index (χ2v) is 7.85. The van der Waals surface area contributed by atoms with Crippen LogP contribution in [0.5, 0.6) is 0 Å². The maximum atomic E-state index is 11.6. The molecule has 0 aromatic carbocycles. The van der Waals surface area contributed by atoms with E-state index >= 15 is 0 Å². The lowest BCUT2D eigenvalue weighted by molar-refractivity contribution is -0.135. The molecule has 2 atom stereocenters. The molecule has 5 rings (SSSR count). The van der Waals surface area contributed by atoms with Crippen molar-refractivity contribution in [3.05, 3.63) is 15.0 Å². The number of carbonyl (C=O) groups is 1. The largest absolute Gasteiger partial charge is 0.439 e. The summed E-state index contributed by atoms with van der Waals surface area (Å²) in [4.78, 5) is 18.5. The van der Waals surface area contributed by atoms with Gasteiger partial charge in [-0.15, -0.1) is 11.3 Å². The molecule has 1 aromatic rings. The highest BCUT2D eigenvalue weighted by Gasteiger charge is 2.60. The number of aromatic nitrogens is 1. The van der Waals surface area contributed by atoms with Gasteiger partial charge in [-0.05, 0) is 41.9 Å². The zero-order chi connectivity index (χ0) is 13.0. The first kappa shape index (κ1) is 12.1. The Morgan fingerprint density at radius 2 is 2.32 bits per heavy atom. The Bertz CT molecular complexity index is 529. The first-order valence-electron chi connectivity index (χ1n) is 6.51. The summed E-state index contributed by atoms with van der Waals surface area (Å²) in [5.41, 5.74) is -0.412. The van der Waals surface area contributed by atoms with Crippen molar-refractivity contribution in [1.29, 1.82) is 0 Å². The summed E-state index contributed by atoms with van der Waals surface area (Å²) in [6, 6.07) is 0.107. The minimum Gasteiger partial charge on any atom is -0.439 e. The number of amides is 1. The molecule has 5 nitrogen and oxygen atoms in total. The van der Waals surface area contributed by atoms with Crippen LogP contribution in [0.25, 0.3) is 0 Å². The fourth-order valence-electron chi connectivity index (χ4n) is 3.77. The normalized spacial score (nSPS) is 40.5. The third kappa shape index (κ3) is 1.68. The van der Waals surface area contributed by atoms with Crippen LogP contribution in [-0.4, -0.2) is 41.2 Å². The van der Waals surface area contributed by atoms with E-state index < -0.39 is 5.60 Å². The number of ether oxygens (including phenoxy) is 1. The highest BCUT2D eigenvalue weighted by molar-refractivity contribution is 9.11. The molecule has 7 heteroatoms. The summed E-state index contributed by atoms with van der Waals surface area (Å²) in [6.07, 6.45) is 3.77. The Labute approximate surface area is 123 Å². The fraction of sp³-hybridized carbons (Fsp3) is 0.667. The van der Waals surface area contributed by atoms with Crippen molar-refractivity contribution in [2.24, 2.45) is 5.92 Å². The van der Waals surface area contributed by atoms with Gasteiger partial charge in [0.2, 0.25) is 0 Å². The van der Waals surface area contributed by atoms with E-state index in [4.69, 9.17) is 4.74 Å². The van der Waals surface area contributed by atoms with Crippen LogP contribution >= 0.6 is 27.3 Å². The van der Waals surface area contributed by atoms with E-state index in [-0.39, 0.29) is 12.1 Å². The number of hydrogen-bond acceptors (Lipinski definition) is 5. The number of piperidine rings is 3. The number of rotatable bonds is 1. The average Bonchev–Trinajstić information content (AvgIpc) is 2.99. The molecule has 1 aromatic heterocycles. The summed E-state index contributed by atoms with van der Waals surface area (Å²) in [6.45, 7) is 2.76. The maximum absolute atomic E-state index is 11.6. The molecule has 4 fully saturated rings. The molecule has 2 unspecified atom stereocenters. The molecule has 0 saturated carbocycles. The SMILES string of the molecule is O=C1NCC2(O1)C1CCN(CC1)C2c1ncc(Br)s1. The van der Waals surface area contributed by atoms with Crippen molar-refractivity contribution in [2.75, 3.05) is 19.6 Å². The summed E-state index contributed by atoms with van der Waals surface area (Å²) in [7, 11) is 0. The van der Waals surface area contributed by atoms with Gasteiger partial charge >= 0.3 is 6.09 Å². The van der Waals surface area contributed by atoms with Gasteiger partial charge in [-0.25, -0.2) is 9.78 Å². The van der Waals surface area contributed by atoms with E-state index in [1.165, 1.54) is 0 Å². The molecule has 102 valence electrons. The Balaban J connectivity index is 1.79. The van der Waals surface area contributed by atoms with E-state index in [2.05, 4.69) is 31.1 Å². The molecule has 1 N–H and O–H groups in total. The molecule has 19 heavy (non-hydrogen) atoms. The van der Waals surface area contributed by atoms with Crippen molar-refractivity contribution in [3.8, 4) is 0 Å². The van der Waals surface area contributed by atoms with Crippen LogP contribution in [0.3, 0.4) is 0 Å². The standard InChI is InChI=1S/C12H14BrN3O2S/c13-8-5-14-10(19-8)9-12(6-15-11(17)18-12)7-1-3-16(9)4-2-7/h5,7,9H,1-4,6H2,(H,15,17). The lowest BCUT2D eigenvalue weighted by Gasteiger charge is -2.54. The molecule has 4 aliphatic rings. The summed E-state index contributed by atoms with van der Waals surface area (Å²) >= 11 is 5.12. The minimum atomic E-state index is -0.412. The van der Waals surface area contributed by atoms with Gasteiger partial charge in [0.25, 0.3) is 0 Å². The monoisotopic (exact) mass is 343 g/mol. The predicted molar refractivity (Wildman–Crippen MR) is 74.1 cm³/mol. The van der Waals surface area contributed by atoms with Crippen LogP contribution in [0.2, 0.25) is 0 Å². The van der Waals surface area contributed by atoms with Crippen molar-refractivity contribution < 1.29 is 9.53 Å². The molecule has 4 aliphatic heterocycles. The second-order valence-electron chi connectivity index (χ2n) is 5.41. The number of halogens is 1. The van der Waals surface area contributed by atoms with Crippen molar-refractivity contribution in [3.63, 3.8) is 0 Å². The third-order valence-electron chi connectivity index (χ3n) is 4.57. The van der Waals surface area contributed by atoms with Gasteiger partial charge in [-0.2, -0.15) is 0 Å². The molecule has 4 saturated heterocycles. The first-order valence-corrected chi connectivity index (χ1v) is 8.12. The number of nitrogens with one attached hydrogen (secondary N) is 1. The predicted octanol–water partition coefficient (Wildman–Crippen LogP) is 2.15. The smallest absolute Gasteiger partial charge is 0.407 e. The highest BCUT2D eigenvalue weighted by atomic mass is 79.9. The van der Waals surface area contributed by atoms with Crippen LogP contribution < -0.4 is 5.32 Å². The molecule has 0 radical (unpaired) electrons. The van der Waals surface area contributed by atoms with E-state index in [1.54, 1.807) is 11.3 Å². The molecule has 1 spiro atoms. The lowest BCUT2D eigenvalue weighted by atomic mass is 9.70. The first-order chi connectivity index (χ1) is 9.19. The van der Waals surface area contributed by atoms with Crippen molar-refractivity contribution in [1.82, 2.24) is 15.2 Å². The Morgan fingerprint density at radius 1 is 1.53 bits per heavy atom. The number of fused-ring (bicyclic) bond motifs is 2. The van der Waals surface area contributed by atoms with Gasteiger partial charge in [-0.1, -0.05) is 0 Å². The number of carbonyl (C=O) groups excluding carboxylic acids is 1. The molecule has 0 aliphatic carbocycles. The van der Waals surface area contributed by atoms with Gasteiger partial charge in [0, 0.05) is 5.92 Å². The topological polar surface area (TPSA) is 54.5 Å². The van der Waals surface area contributed by atoms with Gasteiger partial charge in [0.05, 0.1) is 16.5 Å². The number of thiazole rings is 1.